The highest BCUT2D eigenvalue weighted by Gasteiger charge is 2.15. The molecule has 0 aromatic rings. The predicted octanol–water partition coefficient (Wildman–Crippen LogP) is 1.71. The minimum absolute atomic E-state index is 0.316. The van der Waals surface area contributed by atoms with Gasteiger partial charge in [0.15, 0.2) is 5.96 Å². The van der Waals surface area contributed by atoms with Gasteiger partial charge in [-0.3, -0.25) is 4.99 Å². The molecule has 1 saturated heterocycles. The average molecular weight is 343 g/mol. The molecule has 0 aliphatic carbocycles. The molecule has 0 saturated carbocycles. The van der Waals surface area contributed by atoms with E-state index in [0.29, 0.717) is 18.1 Å². The zero-order chi connectivity index (χ0) is 17.8. The summed E-state index contributed by atoms with van der Waals surface area (Å²) >= 11 is 0. The first-order chi connectivity index (χ1) is 11.5. The lowest BCUT2D eigenvalue weighted by Gasteiger charge is -2.27. The summed E-state index contributed by atoms with van der Waals surface area (Å²) in [7, 11) is 6.09. The molecular weight excluding hydrogens is 304 g/mol. The van der Waals surface area contributed by atoms with Gasteiger partial charge in [0.1, 0.15) is 0 Å². The molecule has 6 heteroatoms. The summed E-state index contributed by atoms with van der Waals surface area (Å²) in [5, 5.41) is 6.78. The number of hydrogen-bond acceptors (Lipinski definition) is 4. The van der Waals surface area contributed by atoms with E-state index in [-0.39, 0.29) is 0 Å². The third kappa shape index (κ3) is 9.45. The van der Waals surface area contributed by atoms with Gasteiger partial charge in [-0.1, -0.05) is 13.8 Å². The molecule has 6 nitrogen and oxygen atoms in total. The van der Waals surface area contributed by atoms with Gasteiger partial charge in [-0.05, 0) is 45.7 Å². The highest BCUT2D eigenvalue weighted by Crippen LogP contribution is 2.11. The second-order valence-corrected chi connectivity index (χ2v) is 7.19. The van der Waals surface area contributed by atoms with Crippen molar-refractivity contribution in [2.45, 2.75) is 51.7 Å². The number of ether oxygens (including phenoxy) is 2. The van der Waals surface area contributed by atoms with Crippen molar-refractivity contribution in [1.29, 1.82) is 0 Å². The third-order valence-corrected chi connectivity index (χ3v) is 4.29. The van der Waals surface area contributed by atoms with E-state index < -0.39 is 0 Å². The lowest BCUT2D eigenvalue weighted by Crippen LogP contribution is -2.45. The average Bonchev–Trinajstić information content (AvgIpc) is 3.05. The van der Waals surface area contributed by atoms with Crippen molar-refractivity contribution in [3.63, 3.8) is 0 Å². The zero-order valence-electron chi connectivity index (χ0n) is 16.3. The molecule has 0 radical (unpaired) electrons. The van der Waals surface area contributed by atoms with Crippen molar-refractivity contribution in [2.75, 3.05) is 54.1 Å². The van der Waals surface area contributed by atoms with Gasteiger partial charge in [-0.15, -0.1) is 0 Å². The SMILES string of the molecule is CN=C(NCCCOCC1CCCO1)NCC(CC(C)C)N(C)C. The maximum Gasteiger partial charge on any atom is 0.191 e. The molecule has 1 heterocycles. The number of likely N-dealkylation sites (N-methyl/N-ethyl adjacent to an activating group) is 1. The van der Waals surface area contributed by atoms with E-state index in [0.717, 1.165) is 51.7 Å². The second kappa shape index (κ2) is 12.5. The molecule has 142 valence electrons. The van der Waals surface area contributed by atoms with Crippen LogP contribution < -0.4 is 10.6 Å². The highest BCUT2D eigenvalue weighted by molar-refractivity contribution is 5.79. The third-order valence-electron chi connectivity index (χ3n) is 4.29. The van der Waals surface area contributed by atoms with Gasteiger partial charge in [0.05, 0.1) is 12.7 Å². The first-order valence-electron chi connectivity index (χ1n) is 9.33. The lowest BCUT2D eigenvalue weighted by atomic mass is 10.0. The van der Waals surface area contributed by atoms with Crippen molar-refractivity contribution < 1.29 is 9.47 Å². The Balaban J connectivity index is 2.10. The van der Waals surface area contributed by atoms with Crippen LogP contribution in [-0.4, -0.2) is 77.1 Å². The molecule has 24 heavy (non-hydrogen) atoms. The van der Waals surface area contributed by atoms with Crippen molar-refractivity contribution >= 4 is 5.96 Å². The van der Waals surface area contributed by atoms with Crippen LogP contribution in [-0.2, 0) is 9.47 Å². The van der Waals surface area contributed by atoms with Crippen molar-refractivity contribution in [3.8, 4) is 0 Å². The molecule has 0 spiro atoms. The fourth-order valence-electron chi connectivity index (χ4n) is 2.83. The Morgan fingerprint density at radius 2 is 2.12 bits per heavy atom. The molecule has 0 bridgehead atoms. The van der Waals surface area contributed by atoms with Crippen LogP contribution in [0.4, 0.5) is 0 Å². The Labute approximate surface area is 148 Å². The first-order valence-corrected chi connectivity index (χ1v) is 9.33. The quantitative estimate of drug-likeness (QED) is 0.340. The molecular formula is C18H38N4O2. The van der Waals surface area contributed by atoms with E-state index in [1.165, 1.54) is 12.8 Å². The van der Waals surface area contributed by atoms with Crippen LogP contribution >= 0.6 is 0 Å². The zero-order valence-corrected chi connectivity index (χ0v) is 16.3. The molecule has 0 aromatic carbocycles. The number of nitrogens with one attached hydrogen (secondary N) is 2. The number of guanidine groups is 1. The van der Waals surface area contributed by atoms with Crippen molar-refractivity contribution in [1.82, 2.24) is 15.5 Å². The Kier molecular flexibility index (Phi) is 11.0. The van der Waals surface area contributed by atoms with Crippen LogP contribution in [0.5, 0.6) is 0 Å². The minimum Gasteiger partial charge on any atom is -0.379 e. The van der Waals surface area contributed by atoms with Crippen molar-refractivity contribution in [2.24, 2.45) is 10.9 Å². The largest absolute Gasteiger partial charge is 0.379 e. The number of nitrogens with zero attached hydrogens (tertiary/aromatic N) is 2. The van der Waals surface area contributed by atoms with E-state index in [2.05, 4.69) is 48.5 Å². The lowest BCUT2D eigenvalue weighted by molar-refractivity contribution is 0.0168. The van der Waals surface area contributed by atoms with Gasteiger partial charge >= 0.3 is 0 Å². The Bertz CT molecular complexity index is 342. The molecule has 1 aliphatic rings. The summed E-state index contributed by atoms with van der Waals surface area (Å²) in [6.07, 6.45) is 4.77. The Hall–Kier alpha value is -0.850. The summed E-state index contributed by atoms with van der Waals surface area (Å²) in [4.78, 5) is 6.57. The second-order valence-electron chi connectivity index (χ2n) is 7.19. The topological polar surface area (TPSA) is 58.1 Å². The number of aliphatic imine (C=N–C) groups is 1. The molecule has 1 rings (SSSR count). The van der Waals surface area contributed by atoms with Crippen LogP contribution in [0.3, 0.4) is 0 Å². The normalized spacial score (nSPS) is 20.0. The van der Waals surface area contributed by atoms with Crippen LogP contribution in [0.1, 0.15) is 39.5 Å². The fourth-order valence-corrected chi connectivity index (χ4v) is 2.83. The summed E-state index contributed by atoms with van der Waals surface area (Å²) in [5.41, 5.74) is 0. The van der Waals surface area contributed by atoms with Crippen LogP contribution in [0.25, 0.3) is 0 Å². The van der Waals surface area contributed by atoms with Crippen LogP contribution in [0.2, 0.25) is 0 Å². The van der Waals surface area contributed by atoms with Gasteiger partial charge in [0, 0.05) is 39.4 Å². The Morgan fingerprint density at radius 1 is 1.33 bits per heavy atom. The summed E-state index contributed by atoms with van der Waals surface area (Å²) < 4.78 is 11.2. The van der Waals surface area contributed by atoms with Gasteiger partial charge in [-0.2, -0.15) is 0 Å². The van der Waals surface area contributed by atoms with Gasteiger partial charge in [0.2, 0.25) is 0 Å². The first kappa shape index (κ1) is 21.2. The van der Waals surface area contributed by atoms with Gasteiger partial charge < -0.3 is 25.0 Å². The predicted molar refractivity (Wildman–Crippen MR) is 101 cm³/mol. The fraction of sp³-hybridized carbons (Fsp3) is 0.944. The summed E-state index contributed by atoms with van der Waals surface area (Å²) in [6, 6.07) is 0.512. The Morgan fingerprint density at radius 3 is 2.71 bits per heavy atom. The maximum atomic E-state index is 5.67. The van der Waals surface area contributed by atoms with Crippen LogP contribution in [0.15, 0.2) is 4.99 Å². The monoisotopic (exact) mass is 342 g/mol. The molecule has 1 fully saturated rings. The van der Waals surface area contributed by atoms with Crippen LogP contribution in [0, 0.1) is 5.92 Å². The number of rotatable bonds is 11. The molecule has 2 atom stereocenters. The highest BCUT2D eigenvalue weighted by atomic mass is 16.5. The molecule has 2 unspecified atom stereocenters. The van der Waals surface area contributed by atoms with E-state index in [4.69, 9.17) is 9.47 Å². The summed E-state index contributed by atoms with van der Waals surface area (Å²) in [6.45, 7) is 8.68. The number of hydrogen-bond donors (Lipinski definition) is 2. The summed E-state index contributed by atoms with van der Waals surface area (Å²) in [5.74, 6) is 1.56. The molecule has 0 aromatic heterocycles. The maximum absolute atomic E-state index is 5.67. The van der Waals surface area contributed by atoms with Gasteiger partial charge in [-0.25, -0.2) is 0 Å². The minimum atomic E-state index is 0.316. The van der Waals surface area contributed by atoms with E-state index in [1.807, 2.05) is 7.05 Å². The van der Waals surface area contributed by atoms with E-state index in [9.17, 15) is 0 Å². The standard InChI is InChI=1S/C18H38N4O2/c1-15(2)12-16(22(4)5)13-21-18(19-3)20-9-7-10-23-14-17-8-6-11-24-17/h15-17H,6-14H2,1-5H3,(H2,19,20,21). The smallest absolute Gasteiger partial charge is 0.191 e. The van der Waals surface area contributed by atoms with E-state index >= 15 is 0 Å². The van der Waals surface area contributed by atoms with E-state index in [1.54, 1.807) is 0 Å². The molecule has 0 amide bonds. The molecule has 2 N–H and O–H groups in total. The van der Waals surface area contributed by atoms with Gasteiger partial charge in [0.25, 0.3) is 0 Å². The van der Waals surface area contributed by atoms with Crippen molar-refractivity contribution in [3.05, 3.63) is 0 Å². The molecule has 1 aliphatic heterocycles.